The first-order chi connectivity index (χ1) is 15.2. The summed E-state index contributed by atoms with van der Waals surface area (Å²) in [6.07, 6.45) is 5.52. The van der Waals surface area contributed by atoms with E-state index in [0.29, 0.717) is 37.8 Å². The van der Waals surface area contributed by atoms with Gasteiger partial charge < -0.3 is 14.7 Å². The van der Waals surface area contributed by atoms with Crippen molar-refractivity contribution in [3.8, 4) is 22.6 Å². The van der Waals surface area contributed by atoms with Crippen molar-refractivity contribution in [1.29, 1.82) is 0 Å². The Morgan fingerprint density at radius 3 is 2.71 bits per heavy atom. The standard InChI is InChI=1S/C22H22N6O3/c29-17-5-7-27(13-17)20-10-18(25-22(26-20)16-2-1-6-23-11-16)15-3-4-19(24-12-15)28-8-9-31-14-21(28)30/h1-4,6,10-12,17,29H,5,7-9,13-14H2. The second kappa shape index (κ2) is 8.37. The molecule has 9 heteroatoms. The molecule has 0 saturated carbocycles. The van der Waals surface area contributed by atoms with Gasteiger partial charge in [0.25, 0.3) is 5.91 Å². The number of hydrogen-bond donors (Lipinski definition) is 1. The number of aromatic nitrogens is 4. The average molecular weight is 418 g/mol. The van der Waals surface area contributed by atoms with E-state index in [1.165, 1.54) is 0 Å². The number of anilines is 2. The Kier molecular flexibility index (Phi) is 5.27. The Hall–Kier alpha value is -3.43. The zero-order valence-electron chi connectivity index (χ0n) is 16.9. The van der Waals surface area contributed by atoms with E-state index in [9.17, 15) is 9.90 Å². The van der Waals surface area contributed by atoms with E-state index in [0.717, 1.165) is 29.2 Å². The monoisotopic (exact) mass is 418 g/mol. The number of rotatable bonds is 4. The summed E-state index contributed by atoms with van der Waals surface area (Å²) in [5, 5.41) is 9.96. The van der Waals surface area contributed by atoms with Crippen LogP contribution in [0.2, 0.25) is 0 Å². The van der Waals surface area contributed by atoms with Gasteiger partial charge in [0.1, 0.15) is 18.2 Å². The third kappa shape index (κ3) is 4.10. The maximum absolute atomic E-state index is 12.1. The fourth-order valence-electron chi connectivity index (χ4n) is 3.78. The van der Waals surface area contributed by atoms with Crippen LogP contribution >= 0.6 is 0 Å². The van der Waals surface area contributed by atoms with Crippen molar-refractivity contribution in [3.63, 3.8) is 0 Å². The van der Waals surface area contributed by atoms with Crippen molar-refractivity contribution < 1.29 is 14.6 Å². The maximum atomic E-state index is 12.1. The molecule has 31 heavy (non-hydrogen) atoms. The summed E-state index contributed by atoms with van der Waals surface area (Å²) >= 11 is 0. The molecule has 3 aromatic heterocycles. The average Bonchev–Trinajstić information content (AvgIpc) is 3.26. The number of morpholine rings is 1. The molecule has 2 aliphatic heterocycles. The van der Waals surface area contributed by atoms with E-state index in [-0.39, 0.29) is 18.6 Å². The van der Waals surface area contributed by atoms with E-state index in [4.69, 9.17) is 14.7 Å². The number of β-amino-alcohol motifs (C(OH)–C–C–N with tert-alkyl or cyclic N) is 1. The maximum Gasteiger partial charge on any atom is 0.254 e. The molecule has 2 saturated heterocycles. The molecule has 0 aliphatic carbocycles. The van der Waals surface area contributed by atoms with Crippen LogP contribution in [0.15, 0.2) is 48.9 Å². The van der Waals surface area contributed by atoms with Crippen molar-refractivity contribution >= 4 is 17.5 Å². The zero-order chi connectivity index (χ0) is 21.2. The molecule has 0 bridgehead atoms. The summed E-state index contributed by atoms with van der Waals surface area (Å²) in [5.41, 5.74) is 2.35. The van der Waals surface area contributed by atoms with E-state index >= 15 is 0 Å². The highest BCUT2D eigenvalue weighted by Gasteiger charge is 2.24. The van der Waals surface area contributed by atoms with Gasteiger partial charge >= 0.3 is 0 Å². The molecule has 0 aromatic carbocycles. The Morgan fingerprint density at radius 1 is 1.06 bits per heavy atom. The molecule has 158 valence electrons. The van der Waals surface area contributed by atoms with E-state index in [1.807, 2.05) is 30.3 Å². The molecule has 0 spiro atoms. The van der Waals surface area contributed by atoms with Gasteiger partial charge in [-0.2, -0.15) is 0 Å². The Bertz CT molecular complexity index is 1080. The van der Waals surface area contributed by atoms with Crippen LogP contribution in [-0.4, -0.2) is 69.9 Å². The molecule has 5 rings (SSSR count). The van der Waals surface area contributed by atoms with Gasteiger partial charge in [-0.15, -0.1) is 0 Å². The van der Waals surface area contributed by atoms with E-state index in [1.54, 1.807) is 23.5 Å². The molecule has 1 unspecified atom stereocenters. The van der Waals surface area contributed by atoms with Crippen molar-refractivity contribution in [2.45, 2.75) is 12.5 Å². The SMILES string of the molecule is O=C1COCCN1c1ccc(-c2cc(N3CCC(O)C3)nc(-c3cccnc3)n2)cn1. The number of nitrogens with zero attached hydrogens (tertiary/aromatic N) is 6. The fourth-order valence-corrected chi connectivity index (χ4v) is 3.78. The van der Waals surface area contributed by atoms with E-state index in [2.05, 4.69) is 14.9 Å². The summed E-state index contributed by atoms with van der Waals surface area (Å²) in [4.78, 5) is 33.9. The summed E-state index contributed by atoms with van der Waals surface area (Å²) < 4.78 is 5.19. The second-order valence-corrected chi connectivity index (χ2v) is 7.57. The summed E-state index contributed by atoms with van der Waals surface area (Å²) in [6, 6.07) is 9.40. The minimum Gasteiger partial charge on any atom is -0.391 e. The molecular formula is C22H22N6O3. The number of aliphatic hydroxyl groups is 1. The lowest BCUT2D eigenvalue weighted by Gasteiger charge is -2.25. The lowest BCUT2D eigenvalue weighted by atomic mass is 10.1. The Morgan fingerprint density at radius 2 is 2.00 bits per heavy atom. The highest BCUT2D eigenvalue weighted by molar-refractivity contribution is 5.94. The van der Waals surface area contributed by atoms with Crippen molar-refractivity contribution in [2.24, 2.45) is 0 Å². The van der Waals surface area contributed by atoms with Gasteiger partial charge in [-0.05, 0) is 30.7 Å². The lowest BCUT2D eigenvalue weighted by Crippen LogP contribution is -2.42. The van der Waals surface area contributed by atoms with Crippen LogP contribution in [0.1, 0.15) is 6.42 Å². The van der Waals surface area contributed by atoms with Gasteiger partial charge in [0.2, 0.25) is 0 Å². The zero-order valence-corrected chi connectivity index (χ0v) is 16.9. The number of amides is 1. The minimum atomic E-state index is -0.354. The van der Waals surface area contributed by atoms with Crippen molar-refractivity contribution in [3.05, 3.63) is 48.9 Å². The number of aliphatic hydroxyl groups excluding tert-OH is 1. The molecule has 1 atom stereocenters. The Balaban J connectivity index is 1.51. The predicted octanol–water partition coefficient (Wildman–Crippen LogP) is 1.53. The number of ether oxygens (including phenoxy) is 1. The molecule has 0 radical (unpaired) electrons. The number of carbonyl (C=O) groups excluding carboxylic acids is 1. The number of carbonyl (C=O) groups is 1. The van der Waals surface area contributed by atoms with E-state index < -0.39 is 0 Å². The Labute approximate surface area is 179 Å². The largest absolute Gasteiger partial charge is 0.391 e. The highest BCUT2D eigenvalue weighted by Crippen LogP contribution is 2.28. The third-order valence-corrected chi connectivity index (χ3v) is 5.43. The van der Waals surface area contributed by atoms with Gasteiger partial charge in [0.05, 0.1) is 24.9 Å². The van der Waals surface area contributed by atoms with Crippen LogP contribution in [0.3, 0.4) is 0 Å². The fraction of sp³-hybridized carbons (Fsp3) is 0.318. The van der Waals surface area contributed by atoms with Gasteiger partial charge in [0.15, 0.2) is 5.82 Å². The summed E-state index contributed by atoms with van der Waals surface area (Å²) in [7, 11) is 0. The third-order valence-electron chi connectivity index (χ3n) is 5.43. The topological polar surface area (TPSA) is 105 Å². The van der Waals surface area contributed by atoms with Crippen LogP contribution in [0.25, 0.3) is 22.6 Å². The smallest absolute Gasteiger partial charge is 0.254 e. The minimum absolute atomic E-state index is 0.0782. The van der Waals surface area contributed by atoms with Crippen LogP contribution in [0.5, 0.6) is 0 Å². The molecule has 1 amide bonds. The molecule has 5 heterocycles. The second-order valence-electron chi connectivity index (χ2n) is 7.57. The normalized spacial score (nSPS) is 19.1. The molecule has 2 fully saturated rings. The first-order valence-electron chi connectivity index (χ1n) is 10.2. The quantitative estimate of drug-likeness (QED) is 0.680. The van der Waals surface area contributed by atoms with Gasteiger partial charge in [-0.1, -0.05) is 0 Å². The summed E-state index contributed by atoms with van der Waals surface area (Å²) in [5.74, 6) is 1.83. The van der Waals surface area contributed by atoms with Crippen LogP contribution < -0.4 is 9.80 Å². The first-order valence-corrected chi connectivity index (χ1v) is 10.2. The number of pyridine rings is 2. The van der Waals surface area contributed by atoms with Crippen LogP contribution in [0, 0.1) is 0 Å². The van der Waals surface area contributed by atoms with Crippen LogP contribution in [0.4, 0.5) is 11.6 Å². The lowest BCUT2D eigenvalue weighted by molar-refractivity contribution is -0.125. The van der Waals surface area contributed by atoms with Gasteiger partial charge in [-0.3, -0.25) is 14.7 Å². The molecule has 2 aliphatic rings. The first kappa shape index (κ1) is 19.5. The summed E-state index contributed by atoms with van der Waals surface area (Å²) in [6.45, 7) is 2.35. The molecule has 1 N–H and O–H groups in total. The van der Waals surface area contributed by atoms with Gasteiger partial charge in [-0.25, -0.2) is 15.0 Å². The van der Waals surface area contributed by atoms with Crippen molar-refractivity contribution in [1.82, 2.24) is 19.9 Å². The number of hydrogen-bond acceptors (Lipinski definition) is 8. The molecule has 3 aromatic rings. The predicted molar refractivity (Wildman–Crippen MR) is 115 cm³/mol. The van der Waals surface area contributed by atoms with Crippen molar-refractivity contribution in [2.75, 3.05) is 42.6 Å². The van der Waals surface area contributed by atoms with Crippen LogP contribution in [-0.2, 0) is 9.53 Å². The van der Waals surface area contributed by atoms with Gasteiger partial charge in [0, 0.05) is 48.9 Å². The molecule has 9 nitrogen and oxygen atoms in total. The molecular weight excluding hydrogens is 396 g/mol. The highest BCUT2D eigenvalue weighted by atomic mass is 16.5.